The smallest absolute Gasteiger partial charge is 0.306 e. The van der Waals surface area contributed by atoms with Gasteiger partial charge in [-0.25, -0.2) is 0 Å². The van der Waals surface area contributed by atoms with Crippen molar-refractivity contribution in [2.24, 2.45) is 0 Å². The summed E-state index contributed by atoms with van der Waals surface area (Å²) in [4.78, 5) is 12.7. The summed E-state index contributed by atoms with van der Waals surface area (Å²) in [5.41, 5.74) is 0. The van der Waals surface area contributed by atoms with Crippen LogP contribution in [0.3, 0.4) is 0 Å². The van der Waals surface area contributed by atoms with Crippen LogP contribution in [-0.4, -0.2) is 89.6 Å². The van der Waals surface area contributed by atoms with Gasteiger partial charge in [0.15, 0.2) is 6.29 Å². The van der Waals surface area contributed by atoms with Crippen molar-refractivity contribution in [3.8, 4) is 0 Å². The van der Waals surface area contributed by atoms with Crippen molar-refractivity contribution in [3.63, 3.8) is 0 Å². The van der Waals surface area contributed by atoms with Gasteiger partial charge in [-0.3, -0.25) is 4.79 Å². The molecule has 51 heavy (non-hydrogen) atoms. The van der Waals surface area contributed by atoms with Crippen molar-refractivity contribution in [3.05, 3.63) is 0 Å². The Kier molecular flexibility index (Phi) is 33.0. The molecule has 1 fully saturated rings. The third-order valence-corrected chi connectivity index (χ3v) is 10.3. The molecule has 0 aromatic heterocycles. The van der Waals surface area contributed by atoms with Crippen LogP contribution in [0.2, 0.25) is 0 Å². The van der Waals surface area contributed by atoms with Crippen molar-refractivity contribution in [1.82, 2.24) is 0 Å². The summed E-state index contributed by atoms with van der Waals surface area (Å²) in [5.74, 6) is -0.309. The quantitative estimate of drug-likeness (QED) is 0.0365. The second-order valence-corrected chi connectivity index (χ2v) is 15.2. The Morgan fingerprint density at radius 3 is 1.39 bits per heavy atom. The fourth-order valence-electron chi connectivity index (χ4n) is 6.85. The number of aliphatic hydroxyl groups is 4. The molecule has 0 bridgehead atoms. The highest BCUT2D eigenvalue weighted by Crippen LogP contribution is 2.23. The standard InChI is InChI=1S/C42H82O9/c1-3-5-7-9-11-13-15-16-17-18-19-20-21-22-23-25-27-29-31-38(44)50-36(34-48-32-30-28-26-24-14-12-10-8-6-4-2)35-49-42-41(47)40(46)39(45)37(33-43)51-42/h36-37,39-43,45-47H,3-35H2,1-2H3. The lowest BCUT2D eigenvalue weighted by Crippen LogP contribution is -2.59. The Bertz CT molecular complexity index is 752. The SMILES string of the molecule is CCCCCCCCCCCCCCCCCCCCC(=O)OC(COCCCCCCCCCCCC)COC1OC(CO)C(O)C(O)C1O. The molecule has 6 atom stereocenters. The van der Waals surface area contributed by atoms with Crippen LogP contribution in [0, 0.1) is 0 Å². The summed E-state index contributed by atoms with van der Waals surface area (Å²) in [5, 5.41) is 40.0. The summed E-state index contributed by atoms with van der Waals surface area (Å²) < 4.78 is 22.7. The van der Waals surface area contributed by atoms with Crippen LogP contribution in [0.4, 0.5) is 0 Å². The number of carbonyl (C=O) groups is 1. The summed E-state index contributed by atoms with van der Waals surface area (Å²) >= 11 is 0. The number of esters is 1. The monoisotopic (exact) mass is 731 g/mol. The number of rotatable bonds is 37. The molecule has 0 radical (unpaired) electrons. The highest BCUT2D eigenvalue weighted by atomic mass is 16.7. The second-order valence-electron chi connectivity index (χ2n) is 15.2. The zero-order valence-corrected chi connectivity index (χ0v) is 33.1. The average molecular weight is 731 g/mol. The Balaban J connectivity index is 2.23. The molecule has 304 valence electrons. The number of hydrogen-bond acceptors (Lipinski definition) is 9. The first-order valence-electron chi connectivity index (χ1n) is 21.6. The van der Waals surface area contributed by atoms with Crippen LogP contribution < -0.4 is 0 Å². The molecule has 0 aromatic carbocycles. The average Bonchev–Trinajstić information content (AvgIpc) is 3.13. The first-order valence-corrected chi connectivity index (χ1v) is 21.6. The van der Waals surface area contributed by atoms with E-state index in [2.05, 4.69) is 13.8 Å². The molecular formula is C42H82O9. The largest absolute Gasteiger partial charge is 0.457 e. The van der Waals surface area contributed by atoms with E-state index in [0.29, 0.717) is 13.0 Å². The molecular weight excluding hydrogens is 648 g/mol. The van der Waals surface area contributed by atoms with Crippen molar-refractivity contribution in [1.29, 1.82) is 0 Å². The number of ether oxygens (including phenoxy) is 4. The Hall–Kier alpha value is -0.810. The van der Waals surface area contributed by atoms with Crippen LogP contribution in [-0.2, 0) is 23.7 Å². The van der Waals surface area contributed by atoms with Crippen LogP contribution in [0.1, 0.15) is 200 Å². The molecule has 0 amide bonds. The third kappa shape index (κ3) is 26.6. The molecule has 9 heteroatoms. The minimum Gasteiger partial charge on any atom is -0.457 e. The van der Waals surface area contributed by atoms with Crippen LogP contribution >= 0.6 is 0 Å². The summed E-state index contributed by atoms with van der Waals surface area (Å²) in [6.07, 6.45) is 28.4. The highest BCUT2D eigenvalue weighted by Gasteiger charge is 2.44. The van der Waals surface area contributed by atoms with Crippen molar-refractivity contribution in [2.75, 3.05) is 26.4 Å². The van der Waals surface area contributed by atoms with E-state index in [9.17, 15) is 25.2 Å². The zero-order chi connectivity index (χ0) is 37.2. The lowest BCUT2D eigenvalue weighted by Gasteiger charge is -2.39. The van der Waals surface area contributed by atoms with Gasteiger partial charge in [-0.1, -0.05) is 181 Å². The number of unbranched alkanes of at least 4 members (excludes halogenated alkanes) is 26. The molecule has 6 unspecified atom stereocenters. The van der Waals surface area contributed by atoms with Gasteiger partial charge in [-0.15, -0.1) is 0 Å². The van der Waals surface area contributed by atoms with Gasteiger partial charge >= 0.3 is 5.97 Å². The van der Waals surface area contributed by atoms with E-state index in [0.717, 1.165) is 32.1 Å². The predicted molar refractivity (Wildman–Crippen MR) is 206 cm³/mol. The van der Waals surface area contributed by atoms with E-state index in [1.165, 1.54) is 148 Å². The zero-order valence-electron chi connectivity index (χ0n) is 33.1. The molecule has 0 aromatic rings. The van der Waals surface area contributed by atoms with Crippen LogP contribution in [0.25, 0.3) is 0 Å². The normalized spacial score (nSPS) is 21.3. The van der Waals surface area contributed by atoms with Gasteiger partial charge in [0, 0.05) is 13.0 Å². The second kappa shape index (κ2) is 34.9. The lowest BCUT2D eigenvalue weighted by molar-refractivity contribution is -0.305. The fourth-order valence-corrected chi connectivity index (χ4v) is 6.85. The molecule has 1 heterocycles. The number of aliphatic hydroxyl groups excluding tert-OH is 4. The van der Waals surface area contributed by atoms with Crippen LogP contribution in [0.15, 0.2) is 0 Å². The van der Waals surface area contributed by atoms with E-state index in [4.69, 9.17) is 18.9 Å². The van der Waals surface area contributed by atoms with Crippen molar-refractivity contribution < 1.29 is 44.2 Å². The Morgan fingerprint density at radius 1 is 0.549 bits per heavy atom. The number of carbonyl (C=O) groups excluding carboxylic acids is 1. The van der Waals surface area contributed by atoms with E-state index in [1.807, 2.05) is 0 Å². The molecule has 1 saturated heterocycles. The number of hydrogen-bond donors (Lipinski definition) is 4. The van der Waals surface area contributed by atoms with E-state index in [1.54, 1.807) is 0 Å². The molecule has 1 aliphatic rings. The molecule has 4 N–H and O–H groups in total. The maximum atomic E-state index is 12.7. The van der Waals surface area contributed by atoms with Gasteiger partial charge in [0.25, 0.3) is 0 Å². The Labute approximate surface area is 312 Å². The Morgan fingerprint density at radius 2 is 0.961 bits per heavy atom. The summed E-state index contributed by atoms with van der Waals surface area (Å²) in [6, 6.07) is 0. The van der Waals surface area contributed by atoms with Gasteiger partial charge < -0.3 is 39.4 Å². The molecule has 0 aliphatic carbocycles. The van der Waals surface area contributed by atoms with E-state index in [-0.39, 0.29) is 19.2 Å². The highest BCUT2D eigenvalue weighted by molar-refractivity contribution is 5.69. The molecule has 0 saturated carbocycles. The first-order chi connectivity index (χ1) is 24.9. The van der Waals surface area contributed by atoms with Gasteiger partial charge in [0.1, 0.15) is 30.5 Å². The maximum Gasteiger partial charge on any atom is 0.306 e. The van der Waals surface area contributed by atoms with E-state index < -0.39 is 43.4 Å². The van der Waals surface area contributed by atoms with Gasteiger partial charge in [-0.2, -0.15) is 0 Å². The molecule has 1 rings (SSSR count). The topological polar surface area (TPSA) is 135 Å². The predicted octanol–water partition coefficient (Wildman–Crippen LogP) is 9.08. The minimum absolute atomic E-state index is 0.106. The fraction of sp³-hybridized carbons (Fsp3) is 0.976. The maximum absolute atomic E-state index is 12.7. The summed E-state index contributed by atoms with van der Waals surface area (Å²) in [6.45, 7) is 4.58. The minimum atomic E-state index is -1.53. The molecule has 1 aliphatic heterocycles. The first kappa shape index (κ1) is 48.2. The van der Waals surface area contributed by atoms with Gasteiger partial charge in [-0.05, 0) is 12.8 Å². The van der Waals surface area contributed by atoms with Gasteiger partial charge in [0.2, 0.25) is 0 Å². The molecule has 0 spiro atoms. The van der Waals surface area contributed by atoms with Crippen molar-refractivity contribution >= 4 is 5.97 Å². The van der Waals surface area contributed by atoms with Gasteiger partial charge in [0.05, 0.1) is 19.8 Å². The summed E-state index contributed by atoms with van der Waals surface area (Å²) in [7, 11) is 0. The lowest BCUT2D eigenvalue weighted by atomic mass is 9.99. The molecule has 9 nitrogen and oxygen atoms in total. The third-order valence-electron chi connectivity index (χ3n) is 10.3. The van der Waals surface area contributed by atoms with Crippen molar-refractivity contribution in [2.45, 2.75) is 237 Å². The van der Waals surface area contributed by atoms with Crippen LogP contribution in [0.5, 0.6) is 0 Å². The van der Waals surface area contributed by atoms with E-state index >= 15 is 0 Å².